The Balaban J connectivity index is 1.49. The molecule has 3 aromatic rings. The Bertz CT molecular complexity index is 1830. The van der Waals surface area contributed by atoms with Gasteiger partial charge in [-0.05, 0) is 106 Å². The number of aliphatic hydroxyl groups excluding tert-OH is 1. The van der Waals surface area contributed by atoms with E-state index in [9.17, 15) is 24.3 Å². The van der Waals surface area contributed by atoms with Gasteiger partial charge in [0, 0.05) is 16.7 Å². The maximum absolute atomic E-state index is 12.4. The predicted octanol–water partition coefficient (Wildman–Crippen LogP) is 7.55. The minimum atomic E-state index is -1.34. The standard InChI is InChI=1S/C45H52O12/c1-31(2)41(47)54-28-45(29-55-42(48)32(3)4,30-56-44(50)34(7)26-46)27-53-39-18-14-36(15-19-39)35-12-16-37(17-13-35)51-24-10-8-9-11-25-52-38-20-22-40(23-21-38)57-43(49)33(5)6/h12-23,46H,1,3,5,7-11,24-30H2,2,4,6H3. The number of hydrogen-bond donors (Lipinski definition) is 1. The Morgan fingerprint density at radius 1 is 0.491 bits per heavy atom. The van der Waals surface area contributed by atoms with Gasteiger partial charge in [0.25, 0.3) is 0 Å². The van der Waals surface area contributed by atoms with E-state index in [0.29, 0.717) is 36.0 Å². The van der Waals surface area contributed by atoms with Gasteiger partial charge in [-0.25, -0.2) is 19.2 Å². The van der Waals surface area contributed by atoms with Crippen LogP contribution in [-0.4, -0.2) is 75.2 Å². The van der Waals surface area contributed by atoms with Gasteiger partial charge >= 0.3 is 23.9 Å². The molecule has 304 valence electrons. The molecule has 3 rings (SSSR count). The topological polar surface area (TPSA) is 153 Å². The molecule has 0 spiro atoms. The van der Waals surface area contributed by atoms with Gasteiger partial charge < -0.3 is 38.3 Å². The van der Waals surface area contributed by atoms with E-state index in [-0.39, 0.29) is 36.5 Å². The summed E-state index contributed by atoms with van der Waals surface area (Å²) in [5.74, 6) is -0.345. The van der Waals surface area contributed by atoms with Crippen LogP contribution in [0.2, 0.25) is 0 Å². The number of carbonyl (C=O) groups excluding carboxylic acids is 4. The molecule has 0 unspecified atom stereocenters. The van der Waals surface area contributed by atoms with Gasteiger partial charge in [-0.3, -0.25) is 0 Å². The fraction of sp³-hybridized carbons (Fsp3) is 0.333. The van der Waals surface area contributed by atoms with Gasteiger partial charge in [-0.1, -0.05) is 50.6 Å². The fourth-order valence-electron chi connectivity index (χ4n) is 4.78. The minimum Gasteiger partial charge on any atom is -0.494 e. The molecule has 0 atom stereocenters. The maximum atomic E-state index is 12.4. The number of rotatable bonds is 25. The number of aliphatic hydroxyl groups is 1. The van der Waals surface area contributed by atoms with E-state index in [0.717, 1.165) is 42.6 Å². The van der Waals surface area contributed by atoms with Gasteiger partial charge in [-0.2, -0.15) is 0 Å². The fourth-order valence-corrected chi connectivity index (χ4v) is 4.78. The number of benzene rings is 3. The SMILES string of the molecule is C=C(C)C(=O)OCC(COC(=O)C(=C)C)(COC(=O)C(=C)CO)COc1ccc(-c2ccc(OCCCCCCOc3ccc(OC(=O)C(=C)C)cc3)cc2)cc1. The number of carbonyl (C=O) groups is 4. The van der Waals surface area contributed by atoms with Crippen LogP contribution in [0.1, 0.15) is 46.5 Å². The monoisotopic (exact) mass is 784 g/mol. The lowest BCUT2D eigenvalue weighted by Crippen LogP contribution is -2.44. The van der Waals surface area contributed by atoms with Gasteiger partial charge in [-0.15, -0.1) is 0 Å². The molecule has 0 heterocycles. The summed E-state index contributed by atoms with van der Waals surface area (Å²) in [6, 6.07) is 21.9. The van der Waals surface area contributed by atoms with E-state index < -0.39 is 42.5 Å². The van der Waals surface area contributed by atoms with Crippen molar-refractivity contribution < 1.29 is 57.4 Å². The van der Waals surface area contributed by atoms with E-state index in [1.54, 1.807) is 43.3 Å². The first-order chi connectivity index (χ1) is 27.2. The quantitative estimate of drug-likeness (QED) is 0.0297. The van der Waals surface area contributed by atoms with Crippen LogP contribution in [0.3, 0.4) is 0 Å². The molecule has 0 fully saturated rings. The van der Waals surface area contributed by atoms with Crippen molar-refractivity contribution in [2.45, 2.75) is 46.5 Å². The zero-order valence-corrected chi connectivity index (χ0v) is 33.0. The van der Waals surface area contributed by atoms with Crippen LogP contribution in [0.25, 0.3) is 11.1 Å². The Hall–Kier alpha value is -6.14. The Kier molecular flexibility index (Phi) is 18.3. The zero-order valence-electron chi connectivity index (χ0n) is 33.0. The summed E-state index contributed by atoms with van der Waals surface area (Å²) in [5.41, 5.74) is 0.983. The van der Waals surface area contributed by atoms with E-state index >= 15 is 0 Å². The molecule has 57 heavy (non-hydrogen) atoms. The summed E-state index contributed by atoms with van der Waals surface area (Å²) in [6.07, 6.45) is 3.80. The van der Waals surface area contributed by atoms with Gasteiger partial charge in [0.1, 0.15) is 54.8 Å². The Labute approximate surface area is 334 Å². The van der Waals surface area contributed by atoms with E-state index in [4.69, 9.17) is 33.2 Å². The van der Waals surface area contributed by atoms with Crippen molar-refractivity contribution in [2.75, 3.05) is 46.2 Å². The highest BCUT2D eigenvalue weighted by Gasteiger charge is 2.38. The maximum Gasteiger partial charge on any atom is 0.338 e. The summed E-state index contributed by atoms with van der Waals surface area (Å²) in [7, 11) is 0. The van der Waals surface area contributed by atoms with Crippen LogP contribution in [0.4, 0.5) is 0 Å². The van der Waals surface area contributed by atoms with E-state index in [1.165, 1.54) is 13.8 Å². The number of unbranched alkanes of at least 4 members (excludes halogenated alkanes) is 3. The van der Waals surface area contributed by atoms with E-state index in [2.05, 4.69) is 26.3 Å². The molecule has 3 aromatic carbocycles. The summed E-state index contributed by atoms with van der Waals surface area (Å²) < 4.78 is 39.2. The van der Waals surface area contributed by atoms with Crippen molar-refractivity contribution in [1.82, 2.24) is 0 Å². The molecule has 0 aliphatic rings. The second kappa shape index (κ2) is 23.1. The first kappa shape index (κ1) is 45.3. The second-order valence-electron chi connectivity index (χ2n) is 13.6. The molecule has 0 aliphatic heterocycles. The van der Waals surface area contributed by atoms with Crippen LogP contribution < -0.4 is 18.9 Å². The molecule has 0 saturated carbocycles. The van der Waals surface area contributed by atoms with Crippen LogP contribution in [0, 0.1) is 5.41 Å². The molecule has 0 bridgehead atoms. The Morgan fingerprint density at radius 2 is 0.860 bits per heavy atom. The predicted molar refractivity (Wildman–Crippen MR) is 215 cm³/mol. The van der Waals surface area contributed by atoms with Gasteiger partial charge in [0.05, 0.1) is 25.4 Å². The Morgan fingerprint density at radius 3 is 1.26 bits per heavy atom. The molecular formula is C45H52O12. The average molecular weight is 785 g/mol. The summed E-state index contributed by atoms with van der Waals surface area (Å²) in [5, 5.41) is 9.30. The molecular weight excluding hydrogens is 732 g/mol. The number of ether oxygens (including phenoxy) is 7. The van der Waals surface area contributed by atoms with Crippen LogP contribution >= 0.6 is 0 Å². The van der Waals surface area contributed by atoms with Crippen molar-refractivity contribution in [2.24, 2.45) is 5.41 Å². The lowest BCUT2D eigenvalue weighted by Gasteiger charge is -2.32. The first-order valence-corrected chi connectivity index (χ1v) is 18.4. The van der Waals surface area contributed by atoms with Crippen LogP contribution in [-0.2, 0) is 33.4 Å². The molecule has 12 nitrogen and oxygen atoms in total. The highest BCUT2D eigenvalue weighted by atomic mass is 16.6. The van der Waals surface area contributed by atoms with Crippen molar-refractivity contribution in [3.05, 3.63) is 121 Å². The van der Waals surface area contributed by atoms with Gasteiger partial charge in [0.2, 0.25) is 0 Å². The highest BCUT2D eigenvalue weighted by Crippen LogP contribution is 2.28. The third kappa shape index (κ3) is 15.9. The first-order valence-electron chi connectivity index (χ1n) is 18.4. The zero-order chi connectivity index (χ0) is 41.8. The lowest BCUT2D eigenvalue weighted by atomic mass is 9.92. The van der Waals surface area contributed by atoms with Crippen LogP contribution in [0.15, 0.2) is 121 Å². The van der Waals surface area contributed by atoms with Crippen molar-refractivity contribution in [3.63, 3.8) is 0 Å². The average Bonchev–Trinajstić information content (AvgIpc) is 3.21. The molecule has 0 saturated heterocycles. The molecule has 0 aliphatic carbocycles. The smallest absolute Gasteiger partial charge is 0.338 e. The third-order valence-electron chi connectivity index (χ3n) is 8.25. The van der Waals surface area contributed by atoms with Crippen molar-refractivity contribution in [1.29, 1.82) is 0 Å². The summed E-state index contributed by atoms with van der Waals surface area (Å²) in [4.78, 5) is 48.6. The normalized spacial score (nSPS) is 10.7. The lowest BCUT2D eigenvalue weighted by molar-refractivity contribution is -0.159. The number of hydrogen-bond acceptors (Lipinski definition) is 12. The largest absolute Gasteiger partial charge is 0.494 e. The van der Waals surface area contributed by atoms with Gasteiger partial charge in [0.15, 0.2) is 0 Å². The number of esters is 4. The molecule has 0 amide bonds. The summed E-state index contributed by atoms with van der Waals surface area (Å²) in [6.45, 7) is 18.1. The van der Waals surface area contributed by atoms with E-state index in [1.807, 2.05) is 36.4 Å². The summed E-state index contributed by atoms with van der Waals surface area (Å²) >= 11 is 0. The molecule has 12 heteroatoms. The van der Waals surface area contributed by atoms with Crippen molar-refractivity contribution in [3.8, 4) is 34.1 Å². The van der Waals surface area contributed by atoms with Crippen LogP contribution in [0.5, 0.6) is 23.0 Å². The minimum absolute atomic E-state index is 0.144. The highest BCUT2D eigenvalue weighted by molar-refractivity contribution is 5.89. The molecule has 0 radical (unpaired) electrons. The second-order valence-corrected chi connectivity index (χ2v) is 13.6. The molecule has 0 aromatic heterocycles. The molecule has 1 N–H and O–H groups in total. The third-order valence-corrected chi connectivity index (χ3v) is 8.25. The van der Waals surface area contributed by atoms with Crippen molar-refractivity contribution >= 4 is 23.9 Å².